The first-order chi connectivity index (χ1) is 13.7. The lowest BCUT2D eigenvalue weighted by Gasteiger charge is -2.45. The number of carbonyl (C=O) groups excluding carboxylic acids is 1. The van der Waals surface area contributed by atoms with Crippen molar-refractivity contribution in [2.45, 2.75) is 31.7 Å². The van der Waals surface area contributed by atoms with Gasteiger partial charge in [0.15, 0.2) is 5.82 Å². The molecule has 28 heavy (non-hydrogen) atoms. The summed E-state index contributed by atoms with van der Waals surface area (Å²) in [7, 11) is 1.82. The maximum Gasteiger partial charge on any atom is 0.253 e. The van der Waals surface area contributed by atoms with E-state index in [4.69, 9.17) is 4.98 Å². The van der Waals surface area contributed by atoms with Crippen LogP contribution in [0.4, 0.5) is 11.5 Å². The number of hydrogen-bond acceptors (Lipinski definition) is 5. The molecule has 1 saturated heterocycles. The first-order valence-corrected chi connectivity index (χ1v) is 9.68. The van der Waals surface area contributed by atoms with Gasteiger partial charge in [-0.1, -0.05) is 37.3 Å². The number of hydrogen-bond donors (Lipinski definition) is 0. The molecular weight excluding hydrogens is 352 g/mol. The van der Waals surface area contributed by atoms with Gasteiger partial charge in [0.2, 0.25) is 0 Å². The molecule has 1 unspecified atom stereocenters. The van der Waals surface area contributed by atoms with Gasteiger partial charge in [-0.3, -0.25) is 4.79 Å². The molecule has 1 atom stereocenters. The van der Waals surface area contributed by atoms with E-state index >= 15 is 0 Å². The summed E-state index contributed by atoms with van der Waals surface area (Å²) >= 11 is 0. The van der Waals surface area contributed by atoms with Gasteiger partial charge in [0, 0.05) is 19.2 Å². The molecule has 1 fully saturated rings. The zero-order valence-electron chi connectivity index (χ0n) is 16.0. The van der Waals surface area contributed by atoms with Gasteiger partial charge in [-0.2, -0.15) is 14.8 Å². The van der Waals surface area contributed by atoms with Crippen LogP contribution in [0.15, 0.2) is 48.8 Å². The molecular formula is C21H22N6O. The van der Waals surface area contributed by atoms with Crippen molar-refractivity contribution in [3.05, 3.63) is 48.8 Å². The van der Waals surface area contributed by atoms with Crippen LogP contribution in [-0.2, 0) is 4.79 Å². The number of carbonyl (C=O) groups is 1. The lowest BCUT2D eigenvalue weighted by atomic mass is 9.89. The highest BCUT2D eigenvalue weighted by Crippen LogP contribution is 2.45. The molecule has 5 rings (SSSR count). The number of amides is 1. The molecule has 0 aliphatic carbocycles. The molecule has 2 aliphatic heterocycles. The molecule has 1 amide bonds. The topological polar surface area (TPSA) is 67.2 Å². The minimum atomic E-state index is -0.486. The number of anilines is 2. The van der Waals surface area contributed by atoms with Gasteiger partial charge in [0.1, 0.15) is 11.2 Å². The second-order valence-electron chi connectivity index (χ2n) is 7.38. The van der Waals surface area contributed by atoms with E-state index in [2.05, 4.69) is 21.9 Å². The van der Waals surface area contributed by atoms with Crippen molar-refractivity contribution in [2.75, 3.05) is 23.4 Å². The Hall–Kier alpha value is -3.22. The molecule has 1 aromatic carbocycles. The van der Waals surface area contributed by atoms with Gasteiger partial charge in [0.25, 0.3) is 11.9 Å². The zero-order valence-corrected chi connectivity index (χ0v) is 16.0. The number of benzene rings is 1. The molecule has 7 nitrogen and oxygen atoms in total. The van der Waals surface area contributed by atoms with Crippen LogP contribution in [0, 0.1) is 0 Å². The number of aromatic nitrogens is 4. The summed E-state index contributed by atoms with van der Waals surface area (Å²) in [6.45, 7) is 2.92. The predicted molar refractivity (Wildman–Crippen MR) is 108 cm³/mol. The number of likely N-dealkylation sites (N-methyl/N-ethyl adjacent to an activating group) is 1. The third-order valence-corrected chi connectivity index (χ3v) is 6.03. The molecule has 2 aromatic heterocycles. The Balaban J connectivity index is 1.65. The third kappa shape index (κ3) is 2.22. The quantitative estimate of drug-likeness (QED) is 0.705. The SMILES string of the molecule is CCC12CCCN1c1nc(-n3nccc3-c3ccccc3)ncc1N(C)C2=O. The van der Waals surface area contributed by atoms with E-state index in [0.717, 1.165) is 48.6 Å². The van der Waals surface area contributed by atoms with Crippen molar-refractivity contribution in [3.63, 3.8) is 0 Å². The Kier molecular flexibility index (Phi) is 3.72. The molecule has 0 N–H and O–H groups in total. The molecule has 3 aromatic rings. The maximum atomic E-state index is 13.1. The van der Waals surface area contributed by atoms with Gasteiger partial charge < -0.3 is 9.80 Å². The Bertz CT molecular complexity index is 1050. The second kappa shape index (κ2) is 6.15. The monoisotopic (exact) mass is 374 g/mol. The highest BCUT2D eigenvalue weighted by Gasteiger charge is 2.52. The van der Waals surface area contributed by atoms with Crippen LogP contribution in [-0.4, -0.2) is 44.8 Å². The van der Waals surface area contributed by atoms with E-state index in [1.54, 1.807) is 22.0 Å². The summed E-state index contributed by atoms with van der Waals surface area (Å²) in [5.74, 6) is 1.48. The highest BCUT2D eigenvalue weighted by atomic mass is 16.2. The fraction of sp³-hybridized carbons (Fsp3) is 0.333. The Morgan fingerprint density at radius 3 is 2.79 bits per heavy atom. The second-order valence-corrected chi connectivity index (χ2v) is 7.38. The Labute approximate surface area is 163 Å². The summed E-state index contributed by atoms with van der Waals surface area (Å²) in [5, 5.41) is 4.46. The van der Waals surface area contributed by atoms with Crippen molar-refractivity contribution in [1.29, 1.82) is 0 Å². The van der Waals surface area contributed by atoms with Crippen LogP contribution in [0.25, 0.3) is 17.2 Å². The van der Waals surface area contributed by atoms with Crippen LogP contribution in [0.2, 0.25) is 0 Å². The van der Waals surface area contributed by atoms with E-state index in [0.29, 0.717) is 5.95 Å². The zero-order chi connectivity index (χ0) is 19.3. The van der Waals surface area contributed by atoms with Gasteiger partial charge in [-0.15, -0.1) is 0 Å². The van der Waals surface area contributed by atoms with Gasteiger partial charge in [0.05, 0.1) is 18.1 Å². The molecule has 0 bridgehead atoms. The molecule has 7 heteroatoms. The standard InChI is InChI=1S/C21H22N6O/c1-3-21-11-7-13-26(21)18-17(25(2)19(21)28)14-22-20(24-18)27-16(10-12-23-27)15-8-5-4-6-9-15/h4-6,8-10,12,14H,3,7,11,13H2,1-2H3. The van der Waals surface area contributed by atoms with Crippen molar-refractivity contribution in [3.8, 4) is 17.2 Å². The summed E-state index contributed by atoms with van der Waals surface area (Å²) in [6, 6.07) is 12.0. The third-order valence-electron chi connectivity index (χ3n) is 6.03. The minimum Gasteiger partial charge on any atom is -0.340 e. The summed E-state index contributed by atoms with van der Waals surface area (Å²) < 4.78 is 1.76. The van der Waals surface area contributed by atoms with Crippen LogP contribution < -0.4 is 9.80 Å². The molecule has 2 aliphatic rings. The predicted octanol–water partition coefficient (Wildman–Crippen LogP) is 3.05. The van der Waals surface area contributed by atoms with Crippen molar-refractivity contribution >= 4 is 17.4 Å². The Morgan fingerprint density at radius 2 is 2.00 bits per heavy atom. The van der Waals surface area contributed by atoms with Crippen LogP contribution >= 0.6 is 0 Å². The van der Waals surface area contributed by atoms with Crippen LogP contribution in [0.5, 0.6) is 0 Å². The van der Waals surface area contributed by atoms with Gasteiger partial charge >= 0.3 is 0 Å². The highest BCUT2D eigenvalue weighted by molar-refractivity contribution is 6.07. The first kappa shape index (κ1) is 16.9. The summed E-state index contributed by atoms with van der Waals surface area (Å²) in [5.41, 5.74) is 2.26. The molecule has 0 spiro atoms. The Morgan fingerprint density at radius 1 is 1.18 bits per heavy atom. The van der Waals surface area contributed by atoms with Crippen molar-refractivity contribution in [1.82, 2.24) is 19.7 Å². The fourth-order valence-corrected chi connectivity index (χ4v) is 4.53. The van der Waals surface area contributed by atoms with Crippen LogP contribution in [0.1, 0.15) is 26.2 Å². The van der Waals surface area contributed by atoms with E-state index in [1.165, 1.54) is 0 Å². The average Bonchev–Trinajstić information content (AvgIpc) is 3.40. The summed E-state index contributed by atoms with van der Waals surface area (Å²) in [4.78, 5) is 26.4. The summed E-state index contributed by atoms with van der Waals surface area (Å²) in [6.07, 6.45) is 6.12. The first-order valence-electron chi connectivity index (χ1n) is 9.68. The average molecular weight is 374 g/mol. The molecule has 0 saturated carbocycles. The van der Waals surface area contributed by atoms with Crippen LogP contribution in [0.3, 0.4) is 0 Å². The number of fused-ring (bicyclic) bond motifs is 3. The molecule has 0 radical (unpaired) electrons. The maximum absolute atomic E-state index is 13.1. The smallest absolute Gasteiger partial charge is 0.253 e. The number of rotatable bonds is 3. The minimum absolute atomic E-state index is 0.139. The van der Waals surface area contributed by atoms with E-state index in [-0.39, 0.29) is 5.91 Å². The lowest BCUT2D eigenvalue weighted by molar-refractivity contribution is -0.123. The van der Waals surface area contributed by atoms with Gasteiger partial charge in [-0.25, -0.2) is 4.98 Å². The van der Waals surface area contributed by atoms with Crippen molar-refractivity contribution < 1.29 is 4.79 Å². The van der Waals surface area contributed by atoms with E-state index < -0.39 is 5.54 Å². The largest absolute Gasteiger partial charge is 0.340 e. The van der Waals surface area contributed by atoms with E-state index in [1.807, 2.05) is 43.4 Å². The lowest BCUT2D eigenvalue weighted by Crippen LogP contribution is -2.59. The number of nitrogens with zero attached hydrogens (tertiary/aromatic N) is 6. The fourth-order valence-electron chi connectivity index (χ4n) is 4.53. The normalized spacial score (nSPS) is 21.0. The van der Waals surface area contributed by atoms with E-state index in [9.17, 15) is 4.79 Å². The molecule has 142 valence electrons. The van der Waals surface area contributed by atoms with Crippen molar-refractivity contribution in [2.24, 2.45) is 0 Å². The van der Waals surface area contributed by atoms with Gasteiger partial charge in [-0.05, 0) is 25.3 Å². The molecule has 4 heterocycles.